The van der Waals surface area contributed by atoms with Crippen LogP contribution in [0, 0.1) is 27.7 Å². The summed E-state index contributed by atoms with van der Waals surface area (Å²) in [5, 5.41) is 5.22. The van der Waals surface area contributed by atoms with Crippen LogP contribution in [0.5, 0.6) is 5.75 Å². The fourth-order valence-corrected chi connectivity index (χ4v) is 3.69. The number of rotatable bonds is 6. The summed E-state index contributed by atoms with van der Waals surface area (Å²) in [5.41, 5.74) is 9.35. The molecule has 2 amide bonds. The maximum Gasteiger partial charge on any atom is 0.279 e. The molecule has 3 rings (SSSR count). The number of hydrogen-bond donors (Lipinski definition) is 3. The Hall–Kier alpha value is -3.62. The van der Waals surface area contributed by atoms with Gasteiger partial charge in [0.1, 0.15) is 11.4 Å². The van der Waals surface area contributed by atoms with Gasteiger partial charge in [0.05, 0.1) is 5.69 Å². The zero-order valence-electron chi connectivity index (χ0n) is 19.3. The van der Waals surface area contributed by atoms with Gasteiger partial charge in [-0.1, -0.05) is 12.1 Å². The van der Waals surface area contributed by atoms with Crippen molar-refractivity contribution in [2.75, 3.05) is 0 Å². The van der Waals surface area contributed by atoms with Gasteiger partial charge in [-0.25, -0.2) is 0 Å². The maximum atomic E-state index is 12.5. The average molecular weight is 440 g/mol. The largest absolute Gasteiger partial charge is 0.481 e. The first kappa shape index (κ1) is 23.1. The molecule has 32 heavy (non-hydrogen) atoms. The van der Waals surface area contributed by atoms with Crippen LogP contribution in [-0.4, -0.2) is 32.7 Å². The van der Waals surface area contributed by atoms with Crippen LogP contribution in [0.25, 0.3) is 11.0 Å². The van der Waals surface area contributed by atoms with Crippen LogP contribution in [0.2, 0.25) is 0 Å². The molecule has 0 fully saturated rings. The number of carbonyl (C=O) groups is 2. The van der Waals surface area contributed by atoms with Crippen molar-refractivity contribution in [3.8, 4) is 5.75 Å². The van der Waals surface area contributed by atoms with Crippen LogP contribution in [0.1, 0.15) is 41.3 Å². The Balaban J connectivity index is 1.57. The van der Waals surface area contributed by atoms with E-state index in [1.165, 1.54) is 0 Å². The Kier molecular flexibility index (Phi) is 6.67. The molecular weight excluding hydrogens is 410 g/mol. The predicted molar refractivity (Wildman–Crippen MR) is 121 cm³/mol. The van der Waals surface area contributed by atoms with E-state index in [2.05, 4.69) is 20.9 Å². The number of aromatic nitrogens is 3. The number of benzene rings is 1. The minimum atomic E-state index is -0.795. The number of nitrogens with zero attached hydrogens (tertiary/aromatic N) is 2. The normalized spacial score (nSPS) is 11.9. The van der Waals surface area contributed by atoms with Gasteiger partial charge in [0, 0.05) is 24.4 Å². The summed E-state index contributed by atoms with van der Waals surface area (Å²) < 4.78 is 7.35. The van der Waals surface area contributed by atoms with Crippen molar-refractivity contribution in [1.82, 2.24) is 25.6 Å². The molecule has 0 saturated carbocycles. The number of fused-ring (bicyclic) bond motifs is 1. The van der Waals surface area contributed by atoms with E-state index >= 15 is 0 Å². The molecule has 3 aromatic rings. The van der Waals surface area contributed by atoms with Crippen LogP contribution in [-0.2, 0) is 23.1 Å². The number of carbonyl (C=O) groups excluding carboxylic acids is 2. The minimum Gasteiger partial charge on any atom is -0.481 e. The summed E-state index contributed by atoms with van der Waals surface area (Å²) in [6, 6.07) is 5.62. The number of aryl methyl sites for hydroxylation is 4. The summed E-state index contributed by atoms with van der Waals surface area (Å²) in [7, 11) is 1.77. The van der Waals surface area contributed by atoms with Gasteiger partial charge in [-0.2, -0.15) is 5.10 Å². The lowest BCUT2D eigenvalue weighted by Gasteiger charge is -2.17. The number of H-pyrrole nitrogens is 1. The molecule has 0 spiro atoms. The number of aromatic amines is 1. The van der Waals surface area contributed by atoms with E-state index in [0.29, 0.717) is 17.0 Å². The molecule has 1 aromatic carbocycles. The molecule has 0 bridgehead atoms. The Morgan fingerprint density at radius 2 is 1.88 bits per heavy atom. The van der Waals surface area contributed by atoms with E-state index in [0.717, 1.165) is 27.8 Å². The molecule has 170 valence electrons. The molecule has 2 heterocycles. The highest BCUT2D eigenvalue weighted by Gasteiger charge is 2.18. The van der Waals surface area contributed by atoms with Gasteiger partial charge < -0.3 is 9.72 Å². The zero-order chi connectivity index (χ0) is 23.6. The molecule has 0 radical (unpaired) electrons. The quantitative estimate of drug-likeness (QED) is 0.508. The summed E-state index contributed by atoms with van der Waals surface area (Å²) in [6.07, 6.45) is -0.514. The van der Waals surface area contributed by atoms with Crippen molar-refractivity contribution in [1.29, 1.82) is 0 Å². The van der Waals surface area contributed by atoms with Crippen LogP contribution in [0.15, 0.2) is 23.0 Å². The number of ether oxygens (including phenoxy) is 1. The number of amides is 2. The number of nitrogens with one attached hydrogen (secondary N) is 3. The zero-order valence-corrected chi connectivity index (χ0v) is 19.3. The Labute approximate surface area is 186 Å². The topological polar surface area (TPSA) is 118 Å². The second-order valence-corrected chi connectivity index (χ2v) is 7.99. The van der Waals surface area contributed by atoms with Crippen molar-refractivity contribution in [2.24, 2.45) is 7.05 Å². The second kappa shape index (κ2) is 9.25. The Morgan fingerprint density at radius 3 is 2.59 bits per heavy atom. The minimum absolute atomic E-state index is 0.0429. The average Bonchev–Trinajstić information content (AvgIpc) is 3.02. The van der Waals surface area contributed by atoms with Gasteiger partial charge in [-0.15, -0.1) is 0 Å². The molecule has 0 aliphatic heterocycles. The lowest BCUT2D eigenvalue weighted by atomic mass is 10.0. The Bertz CT molecular complexity index is 1240. The molecule has 0 saturated heterocycles. The van der Waals surface area contributed by atoms with E-state index in [9.17, 15) is 14.4 Å². The number of hydrazine groups is 1. The lowest BCUT2D eigenvalue weighted by molar-refractivity contribution is -0.132. The van der Waals surface area contributed by atoms with Gasteiger partial charge in [0.25, 0.3) is 11.5 Å². The highest BCUT2D eigenvalue weighted by molar-refractivity contribution is 5.85. The van der Waals surface area contributed by atoms with Gasteiger partial charge in [-0.3, -0.25) is 29.9 Å². The van der Waals surface area contributed by atoms with Crippen LogP contribution < -0.4 is 21.1 Å². The summed E-state index contributed by atoms with van der Waals surface area (Å²) >= 11 is 0. The third kappa shape index (κ3) is 4.66. The summed E-state index contributed by atoms with van der Waals surface area (Å²) in [4.78, 5) is 39.9. The molecule has 9 heteroatoms. The highest BCUT2D eigenvalue weighted by Crippen LogP contribution is 2.22. The predicted octanol–water partition coefficient (Wildman–Crippen LogP) is 2.04. The van der Waals surface area contributed by atoms with E-state index in [4.69, 9.17) is 4.74 Å². The molecule has 1 unspecified atom stereocenters. The number of hydrogen-bond acceptors (Lipinski definition) is 5. The fourth-order valence-electron chi connectivity index (χ4n) is 3.69. The van der Waals surface area contributed by atoms with E-state index in [1.54, 1.807) is 24.7 Å². The van der Waals surface area contributed by atoms with Gasteiger partial charge in [-0.05, 0) is 63.8 Å². The van der Waals surface area contributed by atoms with Crippen molar-refractivity contribution in [2.45, 2.75) is 53.6 Å². The van der Waals surface area contributed by atoms with Crippen LogP contribution in [0.4, 0.5) is 0 Å². The first-order valence-corrected chi connectivity index (χ1v) is 10.5. The van der Waals surface area contributed by atoms with Crippen molar-refractivity contribution < 1.29 is 14.3 Å². The first-order valence-electron chi connectivity index (χ1n) is 10.5. The monoisotopic (exact) mass is 439 g/mol. The molecular formula is C23H29N5O4. The van der Waals surface area contributed by atoms with Crippen molar-refractivity contribution in [3.05, 3.63) is 56.5 Å². The lowest BCUT2D eigenvalue weighted by Crippen LogP contribution is -2.47. The van der Waals surface area contributed by atoms with Gasteiger partial charge >= 0.3 is 0 Å². The summed E-state index contributed by atoms with van der Waals surface area (Å²) in [5.74, 6) is -0.255. The smallest absolute Gasteiger partial charge is 0.279 e. The molecule has 1 atom stereocenters. The van der Waals surface area contributed by atoms with Gasteiger partial charge in [0.15, 0.2) is 6.10 Å². The standard InChI is InChI=1S/C23H29N5O4/c1-12-8-7-9-18(13(12)2)32-16(5)22(30)26-25-19(29)11-10-17-14(3)20-15(4)27-28(6)21(20)24-23(17)31/h7-9,16H,10-11H2,1-6H3,(H,24,31)(H,25,29)(H,26,30). The molecule has 0 aliphatic rings. The SMILES string of the molecule is Cc1cccc(OC(C)C(=O)NNC(=O)CCc2c(C)c3c(C)nn(C)c3[nH]c2=O)c1C. The molecule has 9 nitrogen and oxygen atoms in total. The molecule has 3 N–H and O–H groups in total. The summed E-state index contributed by atoms with van der Waals surface area (Å²) in [6.45, 7) is 9.23. The van der Waals surface area contributed by atoms with Crippen molar-refractivity contribution in [3.63, 3.8) is 0 Å². The second-order valence-electron chi connectivity index (χ2n) is 7.99. The maximum absolute atomic E-state index is 12.5. The van der Waals surface area contributed by atoms with E-state index in [1.807, 2.05) is 39.8 Å². The van der Waals surface area contributed by atoms with Crippen molar-refractivity contribution >= 4 is 22.8 Å². The highest BCUT2D eigenvalue weighted by atomic mass is 16.5. The van der Waals surface area contributed by atoms with Crippen LogP contribution >= 0.6 is 0 Å². The van der Waals surface area contributed by atoms with E-state index < -0.39 is 17.9 Å². The molecule has 2 aromatic heterocycles. The Morgan fingerprint density at radius 1 is 1.16 bits per heavy atom. The van der Waals surface area contributed by atoms with Crippen LogP contribution in [0.3, 0.4) is 0 Å². The van der Waals surface area contributed by atoms with Gasteiger partial charge in [0.2, 0.25) is 5.91 Å². The number of pyridine rings is 1. The molecule has 0 aliphatic carbocycles. The van der Waals surface area contributed by atoms with E-state index in [-0.39, 0.29) is 18.4 Å². The third-order valence-electron chi connectivity index (χ3n) is 5.71. The fraction of sp³-hybridized carbons (Fsp3) is 0.391. The third-order valence-corrected chi connectivity index (χ3v) is 5.71. The first-order chi connectivity index (χ1) is 15.1.